The van der Waals surface area contributed by atoms with E-state index >= 15 is 0 Å². The lowest BCUT2D eigenvalue weighted by Crippen LogP contribution is -2.20. The smallest absolute Gasteiger partial charge is 0.335 e. The molecule has 0 fully saturated rings. The molecule has 0 aliphatic carbocycles. The number of benzene rings is 1. The summed E-state index contributed by atoms with van der Waals surface area (Å²) in [6.07, 6.45) is 1.58. The van der Waals surface area contributed by atoms with Gasteiger partial charge in [0.1, 0.15) is 5.75 Å². The van der Waals surface area contributed by atoms with Crippen LogP contribution in [0.2, 0.25) is 0 Å². The number of amides is 1. The third-order valence-corrected chi connectivity index (χ3v) is 3.56. The van der Waals surface area contributed by atoms with Crippen LogP contribution < -0.4 is 10.1 Å². The van der Waals surface area contributed by atoms with Crippen molar-refractivity contribution in [2.24, 2.45) is 0 Å². The topological polar surface area (TPSA) is 88.5 Å². The van der Waals surface area contributed by atoms with E-state index in [1.54, 1.807) is 17.6 Å². The predicted molar refractivity (Wildman–Crippen MR) is 77.3 cm³/mol. The van der Waals surface area contributed by atoms with E-state index in [2.05, 4.69) is 26.2 Å². The largest absolute Gasteiger partial charge is 0.483 e. The van der Waals surface area contributed by atoms with Gasteiger partial charge < -0.3 is 9.84 Å². The van der Waals surface area contributed by atoms with Crippen LogP contribution in [-0.2, 0) is 4.79 Å². The number of nitrogens with zero attached hydrogens (tertiary/aromatic N) is 1. The lowest BCUT2D eigenvalue weighted by atomic mass is 10.2. The van der Waals surface area contributed by atoms with Crippen molar-refractivity contribution in [1.29, 1.82) is 0 Å². The van der Waals surface area contributed by atoms with Crippen molar-refractivity contribution in [3.8, 4) is 5.75 Å². The number of nitrogens with one attached hydrogen (secondary N) is 1. The zero-order valence-corrected chi connectivity index (χ0v) is 12.4. The van der Waals surface area contributed by atoms with Crippen molar-refractivity contribution in [2.75, 3.05) is 11.9 Å². The number of ether oxygens (including phenoxy) is 1. The van der Waals surface area contributed by atoms with E-state index in [4.69, 9.17) is 9.84 Å². The van der Waals surface area contributed by atoms with Gasteiger partial charge >= 0.3 is 5.97 Å². The van der Waals surface area contributed by atoms with Gasteiger partial charge in [0.15, 0.2) is 11.7 Å². The number of hydrogen-bond donors (Lipinski definition) is 2. The van der Waals surface area contributed by atoms with E-state index in [0.29, 0.717) is 15.4 Å². The normalized spacial score (nSPS) is 10.1. The summed E-state index contributed by atoms with van der Waals surface area (Å²) in [6, 6.07) is 4.34. The Morgan fingerprint density at radius 3 is 2.90 bits per heavy atom. The molecule has 1 aromatic carbocycles. The van der Waals surface area contributed by atoms with Gasteiger partial charge in [-0.1, -0.05) is 0 Å². The minimum atomic E-state index is -1.06. The quantitative estimate of drug-likeness (QED) is 0.859. The van der Waals surface area contributed by atoms with Gasteiger partial charge in [-0.15, -0.1) is 11.3 Å². The van der Waals surface area contributed by atoms with Crippen molar-refractivity contribution in [3.05, 3.63) is 39.8 Å². The summed E-state index contributed by atoms with van der Waals surface area (Å²) in [5.41, 5.74) is 0.0866. The molecule has 0 aliphatic heterocycles. The van der Waals surface area contributed by atoms with Crippen LogP contribution in [-0.4, -0.2) is 28.6 Å². The molecule has 0 atom stereocenters. The number of anilines is 1. The molecule has 8 heteroatoms. The third-order valence-electron chi connectivity index (χ3n) is 2.22. The van der Waals surface area contributed by atoms with E-state index in [0.717, 1.165) is 0 Å². The molecule has 0 bridgehead atoms. The van der Waals surface area contributed by atoms with E-state index in [1.807, 2.05) is 0 Å². The maximum atomic E-state index is 11.6. The lowest BCUT2D eigenvalue weighted by Gasteiger charge is -2.08. The first kappa shape index (κ1) is 14.5. The Hall–Kier alpha value is -1.93. The highest BCUT2D eigenvalue weighted by atomic mass is 79.9. The Bertz CT molecular complexity index is 630. The fraction of sp³-hybridized carbons (Fsp3) is 0.0833. The first-order chi connectivity index (χ1) is 9.56. The van der Waals surface area contributed by atoms with Gasteiger partial charge in [0.2, 0.25) is 0 Å². The van der Waals surface area contributed by atoms with Crippen LogP contribution in [0.4, 0.5) is 5.13 Å². The molecule has 0 spiro atoms. The second kappa shape index (κ2) is 6.49. The van der Waals surface area contributed by atoms with Crippen LogP contribution in [0.5, 0.6) is 5.75 Å². The van der Waals surface area contributed by atoms with Crippen molar-refractivity contribution in [3.63, 3.8) is 0 Å². The summed E-state index contributed by atoms with van der Waals surface area (Å²) >= 11 is 4.53. The van der Waals surface area contributed by atoms with Gasteiger partial charge in [-0.2, -0.15) is 0 Å². The second-order valence-electron chi connectivity index (χ2n) is 3.62. The van der Waals surface area contributed by atoms with E-state index in [-0.39, 0.29) is 18.1 Å². The molecule has 2 rings (SSSR count). The molecular weight excluding hydrogens is 348 g/mol. The lowest BCUT2D eigenvalue weighted by molar-refractivity contribution is -0.118. The summed E-state index contributed by atoms with van der Waals surface area (Å²) in [5.74, 6) is -1.14. The summed E-state index contributed by atoms with van der Waals surface area (Å²) in [5, 5.41) is 13.7. The number of rotatable bonds is 5. The van der Waals surface area contributed by atoms with Gasteiger partial charge in [0.25, 0.3) is 5.91 Å². The van der Waals surface area contributed by atoms with Crippen LogP contribution in [0.3, 0.4) is 0 Å². The number of aromatic nitrogens is 1. The van der Waals surface area contributed by atoms with Gasteiger partial charge in [-0.05, 0) is 34.1 Å². The zero-order chi connectivity index (χ0) is 14.5. The van der Waals surface area contributed by atoms with Crippen LogP contribution in [0.15, 0.2) is 34.2 Å². The van der Waals surface area contributed by atoms with E-state index in [1.165, 1.54) is 23.5 Å². The van der Waals surface area contributed by atoms with Crippen molar-refractivity contribution in [2.45, 2.75) is 0 Å². The second-order valence-corrected chi connectivity index (χ2v) is 5.37. The molecule has 0 saturated heterocycles. The SMILES string of the molecule is O=C(COc1cc(C(=O)O)ccc1Br)Nc1nccs1. The molecule has 6 nitrogen and oxygen atoms in total. The standard InChI is InChI=1S/C12H9BrN2O4S/c13-8-2-1-7(11(17)18)5-9(8)19-6-10(16)15-12-14-3-4-20-12/h1-5H,6H2,(H,17,18)(H,14,15,16). The summed E-state index contributed by atoms with van der Waals surface area (Å²) in [4.78, 5) is 26.4. The average molecular weight is 357 g/mol. The number of hydrogen-bond acceptors (Lipinski definition) is 5. The first-order valence-corrected chi connectivity index (χ1v) is 7.08. The Labute approximate surface area is 126 Å². The first-order valence-electron chi connectivity index (χ1n) is 5.41. The van der Waals surface area contributed by atoms with Crippen molar-refractivity contribution >= 4 is 44.3 Å². The van der Waals surface area contributed by atoms with Crippen LogP contribution in [0.25, 0.3) is 0 Å². The number of carboxylic acids is 1. The molecule has 2 N–H and O–H groups in total. The Balaban J connectivity index is 1.98. The molecular formula is C12H9BrN2O4S. The van der Waals surface area contributed by atoms with Gasteiger partial charge in [-0.3, -0.25) is 10.1 Å². The number of carboxylic acid groups (broad SMARTS) is 1. The van der Waals surface area contributed by atoms with Crippen LogP contribution in [0.1, 0.15) is 10.4 Å². The molecule has 2 aromatic rings. The average Bonchev–Trinajstić information content (AvgIpc) is 2.90. The van der Waals surface area contributed by atoms with Gasteiger partial charge in [0, 0.05) is 11.6 Å². The molecule has 20 heavy (non-hydrogen) atoms. The third kappa shape index (κ3) is 3.78. The highest BCUT2D eigenvalue weighted by Gasteiger charge is 2.10. The molecule has 0 aliphatic rings. The number of aromatic carboxylic acids is 1. The van der Waals surface area contributed by atoms with Crippen LogP contribution in [0, 0.1) is 0 Å². The van der Waals surface area contributed by atoms with Gasteiger partial charge in [-0.25, -0.2) is 9.78 Å². The maximum absolute atomic E-state index is 11.6. The Morgan fingerprint density at radius 2 is 2.25 bits per heavy atom. The van der Waals surface area contributed by atoms with Crippen LogP contribution >= 0.6 is 27.3 Å². The van der Waals surface area contributed by atoms with Gasteiger partial charge in [0.05, 0.1) is 10.0 Å². The maximum Gasteiger partial charge on any atom is 0.335 e. The Kier molecular flexibility index (Phi) is 4.70. The van der Waals surface area contributed by atoms with Crippen molar-refractivity contribution in [1.82, 2.24) is 4.98 Å². The van der Waals surface area contributed by atoms with E-state index in [9.17, 15) is 9.59 Å². The molecule has 0 unspecified atom stereocenters. The molecule has 1 aromatic heterocycles. The number of carbonyl (C=O) groups is 2. The summed E-state index contributed by atoms with van der Waals surface area (Å²) in [6.45, 7) is -0.235. The molecule has 1 amide bonds. The molecule has 0 radical (unpaired) electrons. The zero-order valence-electron chi connectivity index (χ0n) is 10.00. The molecule has 1 heterocycles. The predicted octanol–water partition coefficient (Wildman–Crippen LogP) is 2.62. The fourth-order valence-electron chi connectivity index (χ4n) is 1.33. The van der Waals surface area contributed by atoms with Crippen molar-refractivity contribution < 1.29 is 19.4 Å². The highest BCUT2D eigenvalue weighted by Crippen LogP contribution is 2.26. The fourth-order valence-corrected chi connectivity index (χ4v) is 2.24. The molecule has 104 valence electrons. The monoisotopic (exact) mass is 356 g/mol. The number of halogens is 1. The summed E-state index contributed by atoms with van der Waals surface area (Å²) < 4.78 is 5.87. The minimum absolute atomic E-state index is 0.0866. The number of thiazole rings is 1. The van der Waals surface area contributed by atoms with E-state index < -0.39 is 5.97 Å². The summed E-state index contributed by atoms with van der Waals surface area (Å²) in [7, 11) is 0. The number of carbonyl (C=O) groups excluding carboxylic acids is 1. The minimum Gasteiger partial charge on any atom is -0.483 e. The molecule has 0 saturated carbocycles. The Morgan fingerprint density at radius 1 is 1.45 bits per heavy atom. The highest BCUT2D eigenvalue weighted by molar-refractivity contribution is 9.10.